The van der Waals surface area contributed by atoms with Gasteiger partial charge < -0.3 is 15.4 Å². The Kier molecular flexibility index (Phi) is 6.19. The fourth-order valence-electron chi connectivity index (χ4n) is 3.29. The van der Waals surface area contributed by atoms with E-state index in [2.05, 4.69) is 10.6 Å². The molecule has 1 fully saturated rings. The van der Waals surface area contributed by atoms with Gasteiger partial charge in [-0.15, -0.1) is 0 Å². The van der Waals surface area contributed by atoms with Crippen molar-refractivity contribution in [2.45, 2.75) is 18.9 Å². The number of benzene rings is 2. The van der Waals surface area contributed by atoms with Gasteiger partial charge in [0, 0.05) is 18.7 Å². The van der Waals surface area contributed by atoms with Crippen molar-refractivity contribution in [1.29, 1.82) is 0 Å². The summed E-state index contributed by atoms with van der Waals surface area (Å²) in [7, 11) is 1.58. The summed E-state index contributed by atoms with van der Waals surface area (Å²) in [5, 5.41) is 16.1. The van der Waals surface area contributed by atoms with Crippen LogP contribution < -0.4 is 15.4 Å². The Bertz CT molecular complexity index is 1010. The minimum Gasteiger partial charge on any atom is -0.497 e. The van der Waals surface area contributed by atoms with Crippen LogP contribution in [-0.2, 0) is 21.5 Å². The van der Waals surface area contributed by atoms with Gasteiger partial charge in [0.15, 0.2) is 0 Å². The van der Waals surface area contributed by atoms with Gasteiger partial charge in [-0.25, -0.2) is 4.79 Å². The fraction of sp³-hybridized carbons (Fsp3) is 0.286. The zero-order valence-electron chi connectivity index (χ0n) is 17.1. The molecule has 1 heterocycles. The Morgan fingerprint density at radius 2 is 1.81 bits per heavy atom. The molecular formula is C21H22N4O6. The molecule has 0 bridgehead atoms. The van der Waals surface area contributed by atoms with Crippen molar-refractivity contribution in [3.8, 4) is 5.75 Å². The van der Waals surface area contributed by atoms with Crippen molar-refractivity contribution < 1.29 is 24.0 Å². The third kappa shape index (κ3) is 4.63. The van der Waals surface area contributed by atoms with Gasteiger partial charge >= 0.3 is 6.03 Å². The van der Waals surface area contributed by atoms with Crippen LogP contribution in [-0.4, -0.2) is 47.9 Å². The summed E-state index contributed by atoms with van der Waals surface area (Å²) in [6.45, 7) is 1.42. The largest absolute Gasteiger partial charge is 0.497 e. The van der Waals surface area contributed by atoms with Crippen molar-refractivity contribution in [3.05, 3.63) is 69.8 Å². The van der Waals surface area contributed by atoms with E-state index in [1.807, 2.05) is 24.3 Å². The van der Waals surface area contributed by atoms with Gasteiger partial charge in [0.1, 0.15) is 17.8 Å². The Labute approximate surface area is 178 Å². The van der Waals surface area contributed by atoms with Gasteiger partial charge in [-0.3, -0.25) is 24.6 Å². The SMILES string of the molecule is COc1ccc(CCNC(=O)CN2C(=O)N[C@](C)(c3ccc([N+](=O)[O-])cc3)C2=O)cc1. The zero-order chi connectivity index (χ0) is 22.6. The molecule has 2 N–H and O–H groups in total. The summed E-state index contributed by atoms with van der Waals surface area (Å²) in [5.74, 6) is -0.330. The number of nitrogens with one attached hydrogen (secondary N) is 2. The molecule has 1 aliphatic heterocycles. The van der Waals surface area contributed by atoms with Crippen LogP contribution in [0.15, 0.2) is 48.5 Å². The summed E-state index contributed by atoms with van der Waals surface area (Å²) in [6.07, 6.45) is 0.580. The second kappa shape index (κ2) is 8.82. The second-order valence-electron chi connectivity index (χ2n) is 7.20. The number of nitro benzene ring substituents is 1. The minimum absolute atomic E-state index is 0.128. The van der Waals surface area contributed by atoms with Crippen LogP contribution in [0.25, 0.3) is 0 Å². The van der Waals surface area contributed by atoms with E-state index in [9.17, 15) is 24.5 Å². The maximum atomic E-state index is 12.9. The van der Waals surface area contributed by atoms with E-state index in [0.29, 0.717) is 18.5 Å². The maximum absolute atomic E-state index is 12.9. The van der Waals surface area contributed by atoms with Gasteiger partial charge in [-0.1, -0.05) is 12.1 Å². The monoisotopic (exact) mass is 426 g/mol. The number of carbonyl (C=O) groups is 3. The van der Waals surface area contributed by atoms with Crippen molar-refractivity contribution in [2.75, 3.05) is 20.2 Å². The molecule has 1 saturated heterocycles. The number of ether oxygens (including phenoxy) is 1. The number of imide groups is 1. The van der Waals surface area contributed by atoms with Crippen molar-refractivity contribution in [2.24, 2.45) is 0 Å². The van der Waals surface area contributed by atoms with E-state index in [4.69, 9.17) is 4.74 Å². The summed E-state index contributed by atoms with van der Waals surface area (Å²) in [4.78, 5) is 48.6. The normalized spacial score (nSPS) is 17.9. The molecular weight excluding hydrogens is 404 g/mol. The molecule has 31 heavy (non-hydrogen) atoms. The van der Waals surface area contributed by atoms with Gasteiger partial charge in [0.2, 0.25) is 5.91 Å². The molecule has 0 aliphatic carbocycles. The number of rotatable bonds is 8. The topological polar surface area (TPSA) is 131 Å². The smallest absolute Gasteiger partial charge is 0.325 e. The number of methoxy groups -OCH3 is 1. The number of nitro groups is 1. The molecule has 1 aliphatic rings. The Balaban J connectivity index is 1.58. The molecule has 0 saturated carbocycles. The predicted octanol–water partition coefficient (Wildman–Crippen LogP) is 1.73. The number of amides is 4. The van der Waals surface area contributed by atoms with Gasteiger partial charge in [-0.2, -0.15) is 0 Å². The molecule has 0 spiro atoms. The summed E-state index contributed by atoms with van der Waals surface area (Å²) < 4.78 is 5.10. The van der Waals surface area contributed by atoms with Gasteiger partial charge in [0.05, 0.1) is 12.0 Å². The lowest BCUT2D eigenvalue weighted by atomic mass is 9.92. The fourth-order valence-corrected chi connectivity index (χ4v) is 3.29. The number of hydrogen-bond acceptors (Lipinski definition) is 6. The Hall–Kier alpha value is -3.95. The Morgan fingerprint density at radius 1 is 1.16 bits per heavy atom. The van der Waals surface area contributed by atoms with Crippen molar-refractivity contribution >= 4 is 23.5 Å². The van der Waals surface area contributed by atoms with Crippen molar-refractivity contribution in [1.82, 2.24) is 15.5 Å². The average molecular weight is 426 g/mol. The first-order chi connectivity index (χ1) is 14.7. The number of nitrogens with zero attached hydrogens (tertiary/aromatic N) is 2. The molecule has 4 amide bonds. The zero-order valence-corrected chi connectivity index (χ0v) is 17.1. The van der Waals surface area contributed by atoms with Crippen LogP contribution >= 0.6 is 0 Å². The molecule has 162 valence electrons. The number of urea groups is 1. The summed E-state index contributed by atoms with van der Waals surface area (Å²) >= 11 is 0. The lowest BCUT2D eigenvalue weighted by Gasteiger charge is -2.22. The van der Waals surface area contributed by atoms with Crippen LogP contribution in [0.1, 0.15) is 18.1 Å². The quantitative estimate of drug-likeness (QED) is 0.375. The maximum Gasteiger partial charge on any atom is 0.325 e. The third-order valence-corrected chi connectivity index (χ3v) is 5.13. The molecule has 3 rings (SSSR count). The lowest BCUT2D eigenvalue weighted by molar-refractivity contribution is -0.384. The Morgan fingerprint density at radius 3 is 2.39 bits per heavy atom. The van der Waals surface area contributed by atoms with Crippen LogP contribution in [0.3, 0.4) is 0 Å². The molecule has 1 atom stereocenters. The van der Waals surface area contributed by atoms with E-state index in [1.165, 1.54) is 31.2 Å². The van der Waals surface area contributed by atoms with Crippen LogP contribution in [0.4, 0.5) is 10.5 Å². The molecule has 2 aromatic carbocycles. The number of hydrogen-bond donors (Lipinski definition) is 2. The third-order valence-electron chi connectivity index (χ3n) is 5.13. The first kappa shape index (κ1) is 21.8. The highest BCUT2D eigenvalue weighted by Gasteiger charge is 2.49. The highest BCUT2D eigenvalue weighted by atomic mass is 16.6. The molecule has 0 unspecified atom stereocenters. The van der Waals surface area contributed by atoms with Gasteiger partial charge in [-0.05, 0) is 48.7 Å². The summed E-state index contributed by atoms with van der Waals surface area (Å²) in [6, 6.07) is 12.1. The summed E-state index contributed by atoms with van der Waals surface area (Å²) in [5.41, 5.74) is -0.145. The first-order valence-electron chi connectivity index (χ1n) is 9.53. The predicted molar refractivity (Wildman–Crippen MR) is 110 cm³/mol. The minimum atomic E-state index is -1.41. The number of carbonyl (C=O) groups excluding carboxylic acids is 3. The van der Waals surface area contributed by atoms with Crippen LogP contribution in [0.5, 0.6) is 5.75 Å². The number of non-ortho nitro benzene ring substituents is 1. The molecule has 10 heteroatoms. The van der Waals surface area contributed by atoms with Crippen LogP contribution in [0.2, 0.25) is 0 Å². The van der Waals surface area contributed by atoms with Crippen molar-refractivity contribution in [3.63, 3.8) is 0 Å². The van der Waals surface area contributed by atoms with E-state index in [0.717, 1.165) is 16.2 Å². The van der Waals surface area contributed by atoms with E-state index in [-0.39, 0.29) is 5.69 Å². The van der Waals surface area contributed by atoms with E-state index in [1.54, 1.807) is 7.11 Å². The lowest BCUT2D eigenvalue weighted by Crippen LogP contribution is -2.43. The standard InChI is InChI=1S/C21H22N4O6/c1-21(15-5-7-16(8-6-15)25(29)30)19(27)24(20(28)23-21)13-18(26)22-12-11-14-3-9-17(31-2)10-4-14/h3-10H,11-13H2,1-2H3,(H,22,26)(H,23,28)/t21-/m1/s1. The van der Waals surface area contributed by atoms with E-state index >= 15 is 0 Å². The second-order valence-corrected chi connectivity index (χ2v) is 7.20. The van der Waals surface area contributed by atoms with Crippen LogP contribution in [0, 0.1) is 10.1 Å². The molecule has 10 nitrogen and oxygen atoms in total. The molecule has 0 aromatic heterocycles. The highest BCUT2D eigenvalue weighted by Crippen LogP contribution is 2.29. The van der Waals surface area contributed by atoms with Gasteiger partial charge in [0.25, 0.3) is 11.6 Å². The first-order valence-corrected chi connectivity index (χ1v) is 9.53. The van der Waals surface area contributed by atoms with E-state index < -0.39 is 34.9 Å². The molecule has 2 aromatic rings. The average Bonchev–Trinajstić information content (AvgIpc) is 2.98. The highest BCUT2D eigenvalue weighted by molar-refractivity contribution is 6.09. The molecule has 0 radical (unpaired) electrons.